The van der Waals surface area contributed by atoms with Crippen LogP contribution in [0.2, 0.25) is 0 Å². The van der Waals surface area contributed by atoms with Crippen molar-refractivity contribution in [2.24, 2.45) is 0 Å². The number of hydrogen-bond donors (Lipinski definition) is 2. The Morgan fingerprint density at radius 3 is 2.55 bits per heavy atom. The minimum atomic E-state index is -0.388. The van der Waals surface area contributed by atoms with Crippen LogP contribution in [-0.2, 0) is 6.61 Å². The third-order valence-electron chi connectivity index (χ3n) is 4.92. The smallest absolute Gasteiger partial charge is 0.323 e. The number of rotatable bonds is 5. The molecule has 1 aliphatic heterocycles. The van der Waals surface area contributed by atoms with E-state index in [9.17, 15) is 9.59 Å². The lowest BCUT2D eigenvalue weighted by Crippen LogP contribution is -2.20. The van der Waals surface area contributed by atoms with Gasteiger partial charge in [0.1, 0.15) is 31.2 Å². The molecule has 3 heterocycles. The van der Waals surface area contributed by atoms with Crippen LogP contribution in [0.4, 0.5) is 16.2 Å². The van der Waals surface area contributed by atoms with Crippen LogP contribution in [0, 0.1) is 0 Å². The van der Waals surface area contributed by atoms with Gasteiger partial charge in [-0.05, 0) is 48.5 Å². The van der Waals surface area contributed by atoms with Crippen molar-refractivity contribution in [3.63, 3.8) is 0 Å². The molecule has 0 saturated heterocycles. The van der Waals surface area contributed by atoms with E-state index in [1.807, 2.05) is 6.07 Å². The summed E-state index contributed by atoms with van der Waals surface area (Å²) < 4.78 is 18.2. The van der Waals surface area contributed by atoms with E-state index in [-0.39, 0.29) is 18.2 Å². The summed E-state index contributed by atoms with van der Waals surface area (Å²) in [7, 11) is 0. The number of urea groups is 1. The second kappa shape index (κ2) is 8.91. The lowest BCUT2D eigenvalue weighted by molar-refractivity contribution is 0.171. The number of carbonyl (C=O) groups excluding carboxylic acids is 1. The van der Waals surface area contributed by atoms with Gasteiger partial charge in [0, 0.05) is 29.7 Å². The van der Waals surface area contributed by atoms with Gasteiger partial charge in [0.05, 0.1) is 5.69 Å². The second-order valence-corrected chi connectivity index (χ2v) is 7.27. The molecule has 9 nitrogen and oxygen atoms in total. The third-order valence-corrected chi connectivity index (χ3v) is 4.92. The Bertz CT molecular complexity index is 1370. The molecule has 9 heteroatoms. The monoisotopic (exact) mass is 444 g/mol. The van der Waals surface area contributed by atoms with Crippen LogP contribution in [-0.4, -0.2) is 28.6 Å². The van der Waals surface area contributed by atoms with Gasteiger partial charge in [-0.3, -0.25) is 9.20 Å². The van der Waals surface area contributed by atoms with E-state index in [2.05, 4.69) is 15.6 Å². The molecule has 0 unspecified atom stereocenters. The number of pyridine rings is 1. The molecule has 33 heavy (non-hydrogen) atoms. The number of hydrogen-bond acceptors (Lipinski definition) is 6. The van der Waals surface area contributed by atoms with Gasteiger partial charge in [0.15, 0.2) is 11.5 Å². The largest absolute Gasteiger partial charge is 0.487 e. The first kappa shape index (κ1) is 20.4. The Kier molecular flexibility index (Phi) is 5.50. The van der Waals surface area contributed by atoms with Gasteiger partial charge >= 0.3 is 6.03 Å². The predicted octanol–water partition coefficient (Wildman–Crippen LogP) is 3.69. The number of ether oxygens (including phenoxy) is 3. The standard InChI is InChI=1S/C24H20N4O5/c29-23-14-18(25-22-3-1-2-10-28(22)23)15-33-19-7-4-16(5-8-19)26-24(30)27-17-6-9-20-21(13-17)32-12-11-31-20/h1-10,13-14H,11-12,15H2,(H2,26,27,30). The second-order valence-electron chi connectivity index (χ2n) is 7.27. The van der Waals surface area contributed by atoms with E-state index in [0.29, 0.717) is 53.2 Å². The summed E-state index contributed by atoms with van der Waals surface area (Å²) in [5.41, 5.74) is 2.12. The molecule has 2 aromatic carbocycles. The molecule has 0 aliphatic carbocycles. The number of fused-ring (bicyclic) bond motifs is 2. The van der Waals surface area contributed by atoms with Crippen LogP contribution in [0.25, 0.3) is 5.65 Å². The van der Waals surface area contributed by atoms with Crippen molar-refractivity contribution < 1.29 is 19.0 Å². The summed E-state index contributed by atoms with van der Waals surface area (Å²) in [5, 5.41) is 5.53. The minimum Gasteiger partial charge on any atom is -0.487 e. The molecular formula is C24H20N4O5. The van der Waals surface area contributed by atoms with E-state index in [1.54, 1.807) is 60.8 Å². The summed E-state index contributed by atoms with van der Waals surface area (Å²) in [6.45, 7) is 1.14. The predicted molar refractivity (Wildman–Crippen MR) is 122 cm³/mol. The van der Waals surface area contributed by atoms with Crippen molar-refractivity contribution >= 4 is 23.1 Å². The Morgan fingerprint density at radius 2 is 1.70 bits per heavy atom. The summed E-state index contributed by atoms with van der Waals surface area (Å²) in [6, 6.07) is 18.6. The number of nitrogens with zero attached hydrogens (tertiary/aromatic N) is 2. The highest BCUT2D eigenvalue weighted by molar-refractivity contribution is 5.99. The average molecular weight is 444 g/mol. The highest BCUT2D eigenvalue weighted by Gasteiger charge is 2.13. The lowest BCUT2D eigenvalue weighted by Gasteiger charge is -2.19. The van der Waals surface area contributed by atoms with Crippen LogP contribution >= 0.6 is 0 Å². The van der Waals surface area contributed by atoms with E-state index in [4.69, 9.17) is 14.2 Å². The summed E-state index contributed by atoms with van der Waals surface area (Å²) in [6.07, 6.45) is 1.67. The molecule has 2 N–H and O–H groups in total. The maximum Gasteiger partial charge on any atom is 0.323 e. The SMILES string of the molecule is O=C(Nc1ccc(OCc2cc(=O)n3ccccc3n2)cc1)Nc1ccc2c(c1)OCCO2. The molecule has 0 bridgehead atoms. The van der Waals surface area contributed by atoms with Gasteiger partial charge in [0.25, 0.3) is 5.56 Å². The molecule has 1 aliphatic rings. The van der Waals surface area contributed by atoms with E-state index in [0.717, 1.165) is 0 Å². The number of amides is 2. The number of aromatic nitrogens is 2. The number of nitrogens with one attached hydrogen (secondary N) is 2. The van der Waals surface area contributed by atoms with Gasteiger partial charge in [-0.25, -0.2) is 9.78 Å². The molecule has 0 saturated carbocycles. The highest BCUT2D eigenvalue weighted by atomic mass is 16.6. The minimum absolute atomic E-state index is 0.151. The molecule has 5 rings (SSSR count). The fourth-order valence-corrected chi connectivity index (χ4v) is 3.38. The summed E-state index contributed by atoms with van der Waals surface area (Å²) in [5.74, 6) is 1.85. The zero-order chi connectivity index (χ0) is 22.6. The third kappa shape index (κ3) is 4.72. The van der Waals surface area contributed by atoms with Crippen LogP contribution in [0.3, 0.4) is 0 Å². The zero-order valence-corrected chi connectivity index (χ0v) is 17.5. The average Bonchev–Trinajstić information content (AvgIpc) is 2.83. The Hall–Kier alpha value is -4.53. The van der Waals surface area contributed by atoms with Crippen LogP contribution in [0.1, 0.15) is 5.69 Å². The fraction of sp³-hybridized carbons (Fsp3) is 0.125. The maximum atomic E-state index is 12.3. The zero-order valence-electron chi connectivity index (χ0n) is 17.5. The topological polar surface area (TPSA) is 103 Å². The van der Waals surface area contributed by atoms with Crippen molar-refractivity contribution in [3.05, 3.63) is 89.0 Å². The van der Waals surface area contributed by atoms with Gasteiger partial charge in [-0.15, -0.1) is 0 Å². The Morgan fingerprint density at radius 1 is 0.939 bits per heavy atom. The molecular weight excluding hydrogens is 424 g/mol. The number of benzene rings is 2. The molecule has 166 valence electrons. The number of anilines is 2. The molecule has 0 atom stereocenters. The quantitative estimate of drug-likeness (QED) is 0.487. The highest BCUT2D eigenvalue weighted by Crippen LogP contribution is 2.32. The first-order chi connectivity index (χ1) is 16.1. The van der Waals surface area contributed by atoms with Crippen molar-refractivity contribution in [3.8, 4) is 17.2 Å². The molecule has 0 radical (unpaired) electrons. The van der Waals surface area contributed by atoms with Crippen molar-refractivity contribution in [2.45, 2.75) is 6.61 Å². The van der Waals surface area contributed by atoms with Gasteiger partial charge < -0.3 is 24.8 Å². The Balaban J connectivity index is 1.17. The van der Waals surface area contributed by atoms with E-state index < -0.39 is 0 Å². The Labute approximate surface area is 188 Å². The summed E-state index contributed by atoms with van der Waals surface area (Å²) >= 11 is 0. The fourth-order valence-electron chi connectivity index (χ4n) is 3.38. The van der Waals surface area contributed by atoms with Crippen LogP contribution in [0.5, 0.6) is 17.2 Å². The summed E-state index contributed by atoms with van der Waals surface area (Å²) in [4.78, 5) is 28.9. The number of carbonyl (C=O) groups is 1. The molecule has 2 amide bonds. The van der Waals surface area contributed by atoms with Crippen molar-refractivity contribution in [2.75, 3.05) is 23.8 Å². The van der Waals surface area contributed by atoms with Crippen molar-refractivity contribution in [1.29, 1.82) is 0 Å². The molecule has 2 aromatic heterocycles. The van der Waals surface area contributed by atoms with Gasteiger partial charge in [-0.1, -0.05) is 6.07 Å². The van der Waals surface area contributed by atoms with E-state index >= 15 is 0 Å². The van der Waals surface area contributed by atoms with Crippen LogP contribution in [0.15, 0.2) is 77.7 Å². The maximum absolute atomic E-state index is 12.3. The van der Waals surface area contributed by atoms with Gasteiger partial charge in [-0.2, -0.15) is 0 Å². The molecule has 0 spiro atoms. The van der Waals surface area contributed by atoms with E-state index in [1.165, 1.54) is 10.5 Å². The van der Waals surface area contributed by atoms with Crippen molar-refractivity contribution in [1.82, 2.24) is 9.38 Å². The first-order valence-corrected chi connectivity index (χ1v) is 10.3. The molecule has 4 aromatic rings. The first-order valence-electron chi connectivity index (χ1n) is 10.3. The normalized spacial score (nSPS) is 12.2. The lowest BCUT2D eigenvalue weighted by atomic mass is 10.2. The van der Waals surface area contributed by atoms with Crippen LogP contribution < -0.4 is 30.4 Å². The molecule has 0 fully saturated rings. The van der Waals surface area contributed by atoms with Gasteiger partial charge in [0.2, 0.25) is 0 Å².